The van der Waals surface area contributed by atoms with E-state index in [-0.39, 0.29) is 12.1 Å². The predicted octanol–water partition coefficient (Wildman–Crippen LogP) is 27.6. The number of fused-ring (bicyclic) bond motifs is 6. The summed E-state index contributed by atoms with van der Waals surface area (Å²) in [6, 6.07) is 159. The lowest BCUT2D eigenvalue weighted by Crippen LogP contribution is -2.61. The van der Waals surface area contributed by atoms with Crippen LogP contribution in [0.15, 0.2) is 425 Å². The van der Waals surface area contributed by atoms with E-state index in [4.69, 9.17) is 0 Å². The molecule has 0 fully saturated rings. The number of aromatic nitrogens is 2. The zero-order valence-corrected chi connectivity index (χ0v) is 64.3. The summed E-state index contributed by atoms with van der Waals surface area (Å²) in [5.74, 6) is 0. The maximum absolute atomic E-state index is 2.72. The van der Waals surface area contributed by atoms with E-state index in [9.17, 15) is 0 Å². The molecule has 2 aromatic heterocycles. The highest BCUT2D eigenvalue weighted by Gasteiger charge is 2.47. The third-order valence-corrected chi connectivity index (χ3v) is 23.6. The number of rotatable bonds is 14. The number of para-hydroxylation sites is 2. The van der Waals surface area contributed by atoms with Gasteiger partial charge >= 0.3 is 0 Å². The van der Waals surface area contributed by atoms with Crippen molar-refractivity contribution in [2.45, 2.75) is 26.2 Å². The molecule has 5 heteroatoms. The Morgan fingerprint density at radius 2 is 0.470 bits per heavy atom. The SMILES string of the molecule is CC(C)(C)c1cc2c3c(c1)N(c1c(-c4ccccc4)cccc1-c1cccc(-c4ccccc4)c1)c1cc(-n4c(-c5ccccc5)c5ccccc5c4-c4ccccc4)ccc1B3c1ccc(-n3c(-c4ccccc4)c4ccccc4c3-c3ccccc3)cc1N2c1c(-c2ccccc2)cccc1-c1cccc(-c2ccccc2)c1. The molecule has 4 nitrogen and oxygen atoms in total. The highest BCUT2D eigenvalue weighted by molar-refractivity contribution is 7.00. The molecule has 17 aromatic carbocycles. The Labute approximate surface area is 672 Å². The second-order valence-electron chi connectivity index (χ2n) is 31.4. The first-order valence-corrected chi connectivity index (χ1v) is 40.0. The van der Waals surface area contributed by atoms with Gasteiger partial charge in [0, 0.05) is 77.9 Å². The van der Waals surface area contributed by atoms with Gasteiger partial charge < -0.3 is 18.9 Å². The zero-order chi connectivity index (χ0) is 76.7. The van der Waals surface area contributed by atoms with Crippen molar-refractivity contribution >= 4 is 78.8 Å². The molecule has 0 spiro atoms. The van der Waals surface area contributed by atoms with Gasteiger partial charge in [-0.15, -0.1) is 0 Å². The quantitative estimate of drug-likeness (QED) is 0.101. The van der Waals surface area contributed by atoms with E-state index in [1.807, 2.05) is 0 Å². The Morgan fingerprint density at radius 1 is 0.209 bits per heavy atom. The average Bonchev–Trinajstić information content (AvgIpc) is 1.26. The molecule has 115 heavy (non-hydrogen) atoms. The molecule has 0 N–H and O–H groups in total. The lowest BCUT2D eigenvalue weighted by Gasteiger charge is -2.46. The molecule has 4 heterocycles. The summed E-state index contributed by atoms with van der Waals surface area (Å²) in [6.45, 7) is 6.87. The van der Waals surface area contributed by atoms with Crippen LogP contribution in [-0.2, 0) is 5.41 Å². The molecule has 0 unspecified atom stereocenters. The average molecular weight is 1470 g/mol. The molecule has 19 aromatic rings. The fourth-order valence-electron chi connectivity index (χ4n) is 18.4. The van der Waals surface area contributed by atoms with E-state index in [1.54, 1.807) is 0 Å². The van der Waals surface area contributed by atoms with E-state index < -0.39 is 0 Å². The number of hydrogen-bond donors (Lipinski definition) is 0. The van der Waals surface area contributed by atoms with Gasteiger partial charge in [0.25, 0.3) is 6.71 Å². The highest BCUT2D eigenvalue weighted by atomic mass is 15.2. The molecule has 542 valence electrons. The Kier molecular flexibility index (Phi) is 16.9. The number of nitrogens with zero attached hydrogens (tertiary/aromatic N) is 4. The van der Waals surface area contributed by atoms with Crippen LogP contribution in [0.25, 0.3) is 145 Å². The summed E-state index contributed by atoms with van der Waals surface area (Å²) in [4.78, 5) is 5.44. The van der Waals surface area contributed by atoms with Gasteiger partial charge in [-0.2, -0.15) is 0 Å². The smallest absolute Gasteiger partial charge is 0.252 e. The summed E-state index contributed by atoms with van der Waals surface area (Å²) in [5.41, 5.74) is 35.7. The van der Waals surface area contributed by atoms with Crippen molar-refractivity contribution in [3.05, 3.63) is 430 Å². The fraction of sp³-hybridized carbons (Fsp3) is 0.0364. The molecule has 0 amide bonds. The standard InChI is InChI=1S/C110H79BN4/c1-110(2,3)86-70-101-103-102(71-86)115(109-90(77-42-18-7-19-43-77)61-35-63-92(109)85-55-33-53-83(69-85)75-38-14-5-15-39-75)100-73-88(113-106(80-48-24-10-25-49-80)95-58-30-31-59-96(95)107(113)81-50-26-11-27-51-81)65-67-98(100)111(103)97-66-64-87(112-104(78-44-20-8-21-45-78)93-56-28-29-57-94(93)105(112)79-46-22-9-23-47-79)72-99(97)114(101)108-89(76-40-16-6-17-41-76)60-34-62-91(108)84-54-32-52-82(68-84)74-36-12-4-13-37-74/h4-73H,1-3H3. The van der Waals surface area contributed by atoms with E-state index >= 15 is 0 Å². The topological polar surface area (TPSA) is 16.3 Å². The molecule has 0 aliphatic carbocycles. The number of anilines is 6. The van der Waals surface area contributed by atoms with Crippen molar-refractivity contribution in [1.82, 2.24) is 9.13 Å². The monoisotopic (exact) mass is 1470 g/mol. The van der Waals surface area contributed by atoms with Gasteiger partial charge in [-0.05, 0) is 143 Å². The second-order valence-corrected chi connectivity index (χ2v) is 31.4. The van der Waals surface area contributed by atoms with Crippen LogP contribution < -0.4 is 26.2 Å². The van der Waals surface area contributed by atoms with Gasteiger partial charge in [-0.1, -0.05) is 397 Å². The maximum atomic E-state index is 2.72. The first kappa shape index (κ1) is 68.5. The molecule has 0 radical (unpaired) electrons. The minimum atomic E-state index is -0.388. The van der Waals surface area contributed by atoms with E-state index in [1.165, 1.54) is 43.5 Å². The summed E-state index contributed by atoms with van der Waals surface area (Å²) >= 11 is 0. The summed E-state index contributed by atoms with van der Waals surface area (Å²) < 4.78 is 5.14. The normalized spacial score (nSPS) is 12.3. The maximum Gasteiger partial charge on any atom is 0.252 e. The number of benzene rings is 17. The highest BCUT2D eigenvalue weighted by Crippen LogP contribution is 2.56. The van der Waals surface area contributed by atoms with Crippen molar-refractivity contribution in [2.24, 2.45) is 0 Å². The van der Waals surface area contributed by atoms with Gasteiger partial charge in [-0.25, -0.2) is 0 Å². The Bertz CT molecular complexity index is 6350. The first-order valence-electron chi connectivity index (χ1n) is 40.0. The molecule has 0 saturated heterocycles. The van der Waals surface area contributed by atoms with Crippen molar-refractivity contribution in [3.8, 4) is 123 Å². The minimum Gasteiger partial charge on any atom is -0.310 e. The van der Waals surface area contributed by atoms with E-state index in [2.05, 4.69) is 464 Å². The largest absolute Gasteiger partial charge is 0.310 e. The molecular formula is C110H79BN4. The second kappa shape index (κ2) is 28.4. The van der Waals surface area contributed by atoms with Crippen LogP contribution in [-0.4, -0.2) is 15.8 Å². The van der Waals surface area contributed by atoms with Crippen LogP contribution in [0.1, 0.15) is 26.3 Å². The van der Waals surface area contributed by atoms with Gasteiger partial charge in [0.1, 0.15) is 0 Å². The van der Waals surface area contributed by atoms with Crippen LogP contribution >= 0.6 is 0 Å². The van der Waals surface area contributed by atoms with Crippen LogP contribution in [0.2, 0.25) is 0 Å². The predicted molar refractivity (Wildman–Crippen MR) is 487 cm³/mol. The zero-order valence-electron chi connectivity index (χ0n) is 64.3. The fourth-order valence-corrected chi connectivity index (χ4v) is 18.4. The van der Waals surface area contributed by atoms with Crippen molar-refractivity contribution in [1.29, 1.82) is 0 Å². The van der Waals surface area contributed by atoms with Gasteiger partial charge in [-0.3, -0.25) is 0 Å². The first-order chi connectivity index (χ1) is 56.8. The molecule has 0 bridgehead atoms. The lowest BCUT2D eigenvalue weighted by molar-refractivity contribution is 0.590. The summed E-state index contributed by atoms with van der Waals surface area (Å²) in [6.07, 6.45) is 0. The Morgan fingerprint density at radius 3 is 0.783 bits per heavy atom. The van der Waals surface area contributed by atoms with E-state index in [0.717, 1.165) is 157 Å². The lowest BCUT2D eigenvalue weighted by atomic mass is 9.33. The van der Waals surface area contributed by atoms with Crippen LogP contribution in [0, 0.1) is 0 Å². The van der Waals surface area contributed by atoms with Crippen molar-refractivity contribution < 1.29 is 0 Å². The Balaban J connectivity index is 0.937. The summed E-state index contributed by atoms with van der Waals surface area (Å²) in [7, 11) is 0. The molecule has 0 saturated carbocycles. The van der Waals surface area contributed by atoms with Crippen LogP contribution in [0.5, 0.6) is 0 Å². The van der Waals surface area contributed by atoms with Gasteiger partial charge in [0.15, 0.2) is 0 Å². The van der Waals surface area contributed by atoms with Gasteiger partial charge in [0.2, 0.25) is 0 Å². The van der Waals surface area contributed by atoms with Crippen LogP contribution in [0.4, 0.5) is 34.1 Å². The minimum absolute atomic E-state index is 0.320. The third kappa shape index (κ3) is 11.8. The van der Waals surface area contributed by atoms with Crippen molar-refractivity contribution in [3.63, 3.8) is 0 Å². The van der Waals surface area contributed by atoms with Crippen molar-refractivity contribution in [2.75, 3.05) is 9.80 Å². The molecule has 2 aliphatic heterocycles. The number of hydrogen-bond acceptors (Lipinski definition) is 2. The Hall–Kier alpha value is -14.5. The van der Waals surface area contributed by atoms with Gasteiger partial charge in [0.05, 0.1) is 34.2 Å². The molecule has 2 aliphatic rings. The molecule has 21 rings (SSSR count). The van der Waals surface area contributed by atoms with E-state index in [0.29, 0.717) is 0 Å². The third-order valence-electron chi connectivity index (χ3n) is 23.6. The van der Waals surface area contributed by atoms with Crippen LogP contribution in [0.3, 0.4) is 0 Å². The summed E-state index contributed by atoms with van der Waals surface area (Å²) in [5, 5.41) is 4.73. The molecule has 0 atom stereocenters. The molecular weight excluding hydrogens is 1390 g/mol.